The van der Waals surface area contributed by atoms with Gasteiger partial charge in [-0.1, -0.05) is 0 Å². The highest BCUT2D eigenvalue weighted by molar-refractivity contribution is 7.87. The quantitative estimate of drug-likeness (QED) is 0.343. The third-order valence-electron chi connectivity index (χ3n) is 4.06. The van der Waals surface area contributed by atoms with Gasteiger partial charge in [-0.2, -0.15) is 8.42 Å². The number of fused-ring (bicyclic) bond motifs is 1. The minimum Gasteiger partial charge on any atom is -0.394 e. The molecular weight excluding hydrogens is 410 g/mol. The lowest BCUT2D eigenvalue weighted by atomic mass is 10.3. The van der Waals surface area contributed by atoms with Gasteiger partial charge in [0, 0.05) is 24.3 Å². The van der Waals surface area contributed by atoms with Crippen LogP contribution in [0.3, 0.4) is 0 Å². The van der Waals surface area contributed by atoms with E-state index in [1.807, 2.05) is 0 Å². The highest BCUT2D eigenvalue weighted by Crippen LogP contribution is 2.24. The average molecular weight is 433 g/mol. The van der Waals surface area contributed by atoms with E-state index in [9.17, 15) is 13.2 Å². The number of hydrogen-bond donors (Lipinski definition) is 5. The molecule has 0 radical (unpaired) electrons. The second-order valence-corrected chi connectivity index (χ2v) is 8.08. The molecular formula is C19H23N5O5S. The third kappa shape index (κ3) is 5.19. The van der Waals surface area contributed by atoms with Gasteiger partial charge in [0.05, 0.1) is 17.6 Å². The lowest BCUT2D eigenvalue weighted by Crippen LogP contribution is -2.28. The van der Waals surface area contributed by atoms with Crippen LogP contribution in [-0.4, -0.2) is 48.7 Å². The van der Waals surface area contributed by atoms with Crippen molar-refractivity contribution in [3.63, 3.8) is 0 Å². The summed E-state index contributed by atoms with van der Waals surface area (Å²) in [6.07, 6.45) is 0. The van der Waals surface area contributed by atoms with Gasteiger partial charge in [0.15, 0.2) is 0 Å². The third-order valence-corrected chi connectivity index (χ3v) is 5.32. The molecule has 160 valence electrons. The van der Waals surface area contributed by atoms with Crippen molar-refractivity contribution in [1.82, 2.24) is 15.3 Å². The molecule has 11 heteroatoms. The van der Waals surface area contributed by atoms with Gasteiger partial charge in [-0.05, 0) is 50.2 Å². The zero-order valence-corrected chi connectivity index (χ0v) is 17.3. The van der Waals surface area contributed by atoms with Gasteiger partial charge in [-0.25, -0.2) is 9.78 Å². The summed E-state index contributed by atoms with van der Waals surface area (Å²) >= 11 is 0. The van der Waals surface area contributed by atoms with Crippen molar-refractivity contribution < 1.29 is 22.5 Å². The van der Waals surface area contributed by atoms with Crippen LogP contribution >= 0.6 is 0 Å². The molecule has 2 amide bonds. The van der Waals surface area contributed by atoms with Crippen molar-refractivity contribution in [3.05, 3.63) is 42.5 Å². The number of aliphatic hydroxyl groups excluding tert-OH is 1. The second kappa shape index (κ2) is 9.01. The van der Waals surface area contributed by atoms with E-state index in [4.69, 9.17) is 9.29 Å². The van der Waals surface area contributed by atoms with Crippen LogP contribution in [0, 0.1) is 0 Å². The fourth-order valence-electron chi connectivity index (χ4n) is 2.63. The van der Waals surface area contributed by atoms with E-state index >= 15 is 0 Å². The Kier molecular flexibility index (Phi) is 6.43. The predicted molar refractivity (Wildman–Crippen MR) is 113 cm³/mol. The van der Waals surface area contributed by atoms with E-state index in [0.29, 0.717) is 23.3 Å². The second-order valence-electron chi connectivity index (χ2n) is 6.54. The Morgan fingerprint density at radius 2 is 1.97 bits per heavy atom. The number of hydrogen-bond acceptors (Lipinski definition) is 7. The average Bonchev–Trinajstić information content (AvgIpc) is 3.09. The molecule has 0 saturated heterocycles. The largest absolute Gasteiger partial charge is 0.394 e. The number of aromatic amines is 1. The molecule has 1 heterocycles. The Bertz CT molecular complexity index is 1130. The lowest BCUT2D eigenvalue weighted by molar-refractivity contribution is 0.252. The Labute approximate surface area is 173 Å². The van der Waals surface area contributed by atoms with Crippen LogP contribution < -0.4 is 20.1 Å². The van der Waals surface area contributed by atoms with Crippen molar-refractivity contribution in [2.75, 3.05) is 23.8 Å². The number of nitrogens with one attached hydrogen (secondary N) is 4. The first-order chi connectivity index (χ1) is 14.3. The summed E-state index contributed by atoms with van der Waals surface area (Å²) < 4.78 is 30.4. The maximum atomic E-state index is 12.6. The number of amides is 2. The molecule has 1 aromatic heterocycles. The molecule has 10 nitrogen and oxygen atoms in total. The van der Waals surface area contributed by atoms with Gasteiger partial charge in [0.1, 0.15) is 10.6 Å². The first kappa shape index (κ1) is 21.4. The zero-order valence-electron chi connectivity index (χ0n) is 16.5. The summed E-state index contributed by atoms with van der Waals surface area (Å²) in [5.41, 5.74) is 1.73. The number of aliphatic hydroxyl groups is 1. The Morgan fingerprint density at radius 3 is 2.63 bits per heavy atom. The standard InChI is InChI=1S/C19H23N5O5S/c1-3-20-19(26)24-18-22-16-9-6-14(10-17(16)23-18)29-30(27,28)15-7-4-13(5-8-15)21-12(2)11-25/h4-10,12,21,25H,3,11H2,1-2H3,(H3,20,22,23,24,26). The summed E-state index contributed by atoms with van der Waals surface area (Å²) in [5.74, 6) is 0.336. The van der Waals surface area contributed by atoms with Crippen LogP contribution in [0.2, 0.25) is 0 Å². The molecule has 0 bridgehead atoms. The zero-order chi connectivity index (χ0) is 21.7. The molecule has 0 fully saturated rings. The number of urea groups is 1. The van der Waals surface area contributed by atoms with Crippen LogP contribution in [-0.2, 0) is 10.1 Å². The topological polar surface area (TPSA) is 145 Å². The minimum absolute atomic E-state index is 0.00648. The van der Waals surface area contributed by atoms with E-state index in [1.54, 1.807) is 32.0 Å². The highest BCUT2D eigenvalue weighted by atomic mass is 32.2. The Hall–Kier alpha value is -3.31. The van der Waals surface area contributed by atoms with Gasteiger partial charge in [-0.15, -0.1) is 0 Å². The number of rotatable bonds is 8. The molecule has 0 aliphatic carbocycles. The molecule has 30 heavy (non-hydrogen) atoms. The van der Waals surface area contributed by atoms with Gasteiger partial charge in [0.2, 0.25) is 5.95 Å². The molecule has 5 N–H and O–H groups in total. The number of anilines is 2. The summed E-state index contributed by atoms with van der Waals surface area (Å²) in [5, 5.41) is 17.2. The fourth-order valence-corrected chi connectivity index (χ4v) is 3.56. The van der Waals surface area contributed by atoms with Gasteiger partial charge >= 0.3 is 16.1 Å². The van der Waals surface area contributed by atoms with Crippen LogP contribution in [0.5, 0.6) is 5.75 Å². The monoisotopic (exact) mass is 433 g/mol. The van der Waals surface area contributed by atoms with Gasteiger partial charge in [-0.3, -0.25) is 5.32 Å². The number of benzene rings is 2. The number of H-pyrrole nitrogens is 1. The number of carbonyl (C=O) groups excluding carboxylic acids is 1. The predicted octanol–water partition coefficient (Wildman–Crippen LogP) is 2.26. The Morgan fingerprint density at radius 1 is 1.23 bits per heavy atom. The van der Waals surface area contributed by atoms with Crippen molar-refractivity contribution in [3.8, 4) is 5.75 Å². The van der Waals surface area contributed by atoms with Crippen molar-refractivity contribution in [2.45, 2.75) is 24.8 Å². The number of carbonyl (C=O) groups is 1. The molecule has 2 aromatic carbocycles. The van der Waals surface area contributed by atoms with E-state index in [1.165, 1.54) is 24.3 Å². The molecule has 0 aliphatic rings. The summed E-state index contributed by atoms with van der Waals surface area (Å²) in [7, 11) is -4.04. The van der Waals surface area contributed by atoms with Crippen LogP contribution in [0.15, 0.2) is 47.4 Å². The summed E-state index contributed by atoms with van der Waals surface area (Å²) in [4.78, 5) is 18.7. The normalized spacial score (nSPS) is 12.4. The van der Waals surface area contributed by atoms with E-state index < -0.39 is 16.1 Å². The smallest absolute Gasteiger partial charge is 0.339 e. The fraction of sp³-hybridized carbons (Fsp3) is 0.263. The van der Waals surface area contributed by atoms with Crippen LogP contribution in [0.1, 0.15) is 13.8 Å². The molecule has 3 rings (SSSR count). The molecule has 1 atom stereocenters. The minimum atomic E-state index is -4.04. The Balaban J connectivity index is 1.75. The first-order valence-corrected chi connectivity index (χ1v) is 10.7. The molecule has 0 aliphatic heterocycles. The van der Waals surface area contributed by atoms with E-state index in [2.05, 4.69) is 25.9 Å². The van der Waals surface area contributed by atoms with Gasteiger partial charge < -0.3 is 24.9 Å². The van der Waals surface area contributed by atoms with Crippen molar-refractivity contribution in [1.29, 1.82) is 0 Å². The molecule has 0 saturated carbocycles. The van der Waals surface area contributed by atoms with Crippen molar-refractivity contribution >= 4 is 38.8 Å². The maximum Gasteiger partial charge on any atom is 0.339 e. The number of imidazole rings is 1. The van der Waals surface area contributed by atoms with Gasteiger partial charge in [0.25, 0.3) is 0 Å². The SMILES string of the molecule is CCNC(=O)Nc1nc2ccc(OS(=O)(=O)c3ccc(NC(C)CO)cc3)cc2[nH]1. The maximum absolute atomic E-state index is 12.6. The molecule has 0 spiro atoms. The molecule has 3 aromatic rings. The number of nitrogens with zero attached hydrogens (tertiary/aromatic N) is 1. The highest BCUT2D eigenvalue weighted by Gasteiger charge is 2.17. The summed E-state index contributed by atoms with van der Waals surface area (Å²) in [6.45, 7) is 4.03. The number of aromatic nitrogens is 2. The van der Waals surface area contributed by atoms with Crippen molar-refractivity contribution in [2.24, 2.45) is 0 Å². The van der Waals surface area contributed by atoms with E-state index in [-0.39, 0.29) is 29.2 Å². The summed E-state index contributed by atoms with van der Waals surface area (Å²) in [6, 6.07) is 10.0. The first-order valence-electron chi connectivity index (χ1n) is 9.27. The lowest BCUT2D eigenvalue weighted by Gasteiger charge is -2.13. The molecule has 1 unspecified atom stereocenters. The van der Waals surface area contributed by atoms with Crippen LogP contribution in [0.4, 0.5) is 16.4 Å². The van der Waals surface area contributed by atoms with Crippen LogP contribution in [0.25, 0.3) is 11.0 Å². The van der Waals surface area contributed by atoms with E-state index in [0.717, 1.165) is 0 Å².